The molecule has 0 saturated heterocycles. The molecule has 2 aromatic rings. The number of anilines is 3. The molecular formula is C22H28F3N7O2. The number of aromatic nitrogens is 2. The van der Waals surface area contributed by atoms with Gasteiger partial charge in [0.2, 0.25) is 17.7 Å². The van der Waals surface area contributed by atoms with Gasteiger partial charge in [0.15, 0.2) is 11.4 Å². The summed E-state index contributed by atoms with van der Waals surface area (Å²) in [7, 11) is 3.80. The minimum absolute atomic E-state index is 0.0247. The molecule has 184 valence electrons. The van der Waals surface area contributed by atoms with Crippen molar-refractivity contribution in [2.45, 2.75) is 38.4 Å². The fourth-order valence-corrected chi connectivity index (χ4v) is 3.40. The molecule has 1 aromatic carbocycles. The molecule has 4 N–H and O–H groups in total. The molecule has 9 nitrogen and oxygen atoms in total. The fraction of sp³-hybridized carbons (Fsp3) is 0.455. The number of nitriles is 1. The third kappa shape index (κ3) is 6.71. The van der Waals surface area contributed by atoms with Crippen molar-refractivity contribution >= 4 is 23.4 Å². The number of ether oxygens (including phenoxy) is 1. The average Bonchev–Trinajstić information content (AvgIpc) is 2.75. The standard InChI is InChI=1S/C22H28F3N7O2/c1-4-34-20-16(13-26)19(29-21(28)30-20)32(15-9-7-8-14(12-15)22(23,24)25)17(18(27)33)10-5-6-11-31(2)3/h7-9,12,17H,4-6,10-11H2,1-3H3,(H2,27,33)(H2,28,29,30)/t17-/m0/s1. The van der Waals surface area contributed by atoms with Crippen molar-refractivity contribution in [2.75, 3.05) is 37.9 Å². The number of carbonyl (C=O) groups is 1. The Morgan fingerprint density at radius 2 is 1.97 bits per heavy atom. The van der Waals surface area contributed by atoms with Crippen LogP contribution in [0.25, 0.3) is 0 Å². The number of nitrogen functional groups attached to an aromatic ring is 1. The number of hydrogen-bond acceptors (Lipinski definition) is 8. The van der Waals surface area contributed by atoms with E-state index in [1.54, 1.807) is 6.92 Å². The monoisotopic (exact) mass is 479 g/mol. The fourth-order valence-electron chi connectivity index (χ4n) is 3.40. The van der Waals surface area contributed by atoms with Gasteiger partial charge in [0.1, 0.15) is 12.1 Å². The largest absolute Gasteiger partial charge is 0.477 e. The van der Waals surface area contributed by atoms with Crippen molar-refractivity contribution in [3.63, 3.8) is 0 Å². The first-order valence-corrected chi connectivity index (χ1v) is 10.6. The van der Waals surface area contributed by atoms with Gasteiger partial charge in [-0.25, -0.2) is 0 Å². The molecule has 34 heavy (non-hydrogen) atoms. The van der Waals surface area contributed by atoms with E-state index >= 15 is 0 Å². The van der Waals surface area contributed by atoms with Crippen LogP contribution in [0, 0.1) is 11.3 Å². The van der Waals surface area contributed by atoms with E-state index in [1.165, 1.54) is 17.0 Å². The normalized spacial score (nSPS) is 12.3. The lowest BCUT2D eigenvalue weighted by Crippen LogP contribution is -2.43. The summed E-state index contributed by atoms with van der Waals surface area (Å²) in [6.07, 6.45) is -3.16. The van der Waals surface area contributed by atoms with Gasteiger partial charge in [0.25, 0.3) is 0 Å². The second-order valence-corrected chi connectivity index (χ2v) is 7.77. The summed E-state index contributed by atoms with van der Waals surface area (Å²) >= 11 is 0. The number of alkyl halides is 3. The van der Waals surface area contributed by atoms with Gasteiger partial charge in [-0.3, -0.25) is 4.79 Å². The van der Waals surface area contributed by atoms with E-state index in [0.717, 1.165) is 18.7 Å². The topological polar surface area (TPSA) is 134 Å². The number of hydrogen-bond donors (Lipinski definition) is 2. The summed E-state index contributed by atoms with van der Waals surface area (Å²) in [5.41, 5.74) is 10.4. The number of benzene rings is 1. The van der Waals surface area contributed by atoms with Crippen molar-refractivity contribution in [3.05, 3.63) is 35.4 Å². The highest BCUT2D eigenvalue weighted by Crippen LogP contribution is 2.38. The summed E-state index contributed by atoms with van der Waals surface area (Å²) in [5, 5.41) is 9.81. The minimum Gasteiger partial charge on any atom is -0.477 e. The number of rotatable bonds is 11. The molecule has 0 fully saturated rings. The first kappa shape index (κ1) is 26.7. The van der Waals surface area contributed by atoms with Crippen LogP contribution in [-0.2, 0) is 11.0 Å². The maximum Gasteiger partial charge on any atom is 0.416 e. The number of unbranched alkanes of at least 4 members (excludes halogenated alkanes) is 1. The van der Waals surface area contributed by atoms with Crippen LogP contribution in [-0.4, -0.2) is 54.1 Å². The zero-order chi connectivity index (χ0) is 25.5. The van der Waals surface area contributed by atoms with Crippen molar-refractivity contribution in [2.24, 2.45) is 5.73 Å². The predicted molar refractivity (Wildman–Crippen MR) is 121 cm³/mol. The lowest BCUT2D eigenvalue weighted by molar-refractivity contribution is -0.137. The Labute approximate surface area is 196 Å². The summed E-state index contributed by atoms with van der Waals surface area (Å²) in [6, 6.07) is 5.17. The Kier molecular flexibility index (Phi) is 9.03. The molecule has 1 atom stereocenters. The van der Waals surface area contributed by atoms with Gasteiger partial charge in [0.05, 0.1) is 12.2 Å². The minimum atomic E-state index is -4.63. The van der Waals surface area contributed by atoms with Gasteiger partial charge in [-0.1, -0.05) is 6.07 Å². The van der Waals surface area contributed by atoms with Crippen molar-refractivity contribution < 1.29 is 22.7 Å². The quantitative estimate of drug-likeness (QED) is 0.470. The van der Waals surface area contributed by atoms with Crippen LogP contribution in [0.4, 0.5) is 30.6 Å². The zero-order valence-electron chi connectivity index (χ0n) is 19.3. The summed E-state index contributed by atoms with van der Waals surface area (Å²) in [6.45, 7) is 2.56. The first-order valence-electron chi connectivity index (χ1n) is 10.6. The molecule has 0 aliphatic heterocycles. The van der Waals surface area contributed by atoms with Crippen LogP contribution >= 0.6 is 0 Å². The SMILES string of the molecule is CCOc1nc(N)nc(N(c2cccc(C(F)(F)F)c2)[C@@H](CCCCN(C)C)C(N)=O)c1C#N. The highest BCUT2D eigenvalue weighted by atomic mass is 19.4. The number of nitrogens with two attached hydrogens (primary N) is 2. The van der Waals surface area contributed by atoms with E-state index in [9.17, 15) is 23.2 Å². The van der Waals surface area contributed by atoms with E-state index in [0.29, 0.717) is 12.8 Å². The van der Waals surface area contributed by atoms with Gasteiger partial charge in [-0.05, 0) is 65.0 Å². The number of nitrogens with zero attached hydrogens (tertiary/aromatic N) is 5. The van der Waals surface area contributed by atoms with Crippen LogP contribution in [0.3, 0.4) is 0 Å². The van der Waals surface area contributed by atoms with Gasteiger partial charge < -0.3 is 26.0 Å². The van der Waals surface area contributed by atoms with Crippen LogP contribution in [0.5, 0.6) is 5.88 Å². The van der Waals surface area contributed by atoms with Crippen molar-refractivity contribution in [3.8, 4) is 11.9 Å². The molecule has 0 aliphatic carbocycles. The van der Waals surface area contributed by atoms with Crippen LogP contribution in [0.2, 0.25) is 0 Å². The zero-order valence-corrected chi connectivity index (χ0v) is 19.3. The second-order valence-electron chi connectivity index (χ2n) is 7.77. The molecule has 1 heterocycles. The van der Waals surface area contributed by atoms with Crippen LogP contribution < -0.4 is 21.1 Å². The van der Waals surface area contributed by atoms with Gasteiger partial charge >= 0.3 is 6.18 Å². The number of amides is 1. The van der Waals surface area contributed by atoms with Crippen LogP contribution in [0.1, 0.15) is 37.3 Å². The molecule has 2 rings (SSSR count). The molecule has 0 aliphatic rings. The Morgan fingerprint density at radius 3 is 2.53 bits per heavy atom. The maximum absolute atomic E-state index is 13.5. The maximum atomic E-state index is 13.5. The molecule has 0 radical (unpaired) electrons. The summed E-state index contributed by atoms with van der Waals surface area (Å²) in [4.78, 5) is 23.8. The Bertz CT molecular complexity index is 1040. The Balaban J connectivity index is 2.70. The highest BCUT2D eigenvalue weighted by Gasteiger charge is 2.34. The number of carbonyl (C=O) groups excluding carboxylic acids is 1. The van der Waals surface area contributed by atoms with Crippen molar-refractivity contribution in [1.29, 1.82) is 5.26 Å². The summed E-state index contributed by atoms with van der Waals surface area (Å²) in [5.74, 6) is -1.36. The smallest absolute Gasteiger partial charge is 0.416 e. The van der Waals surface area contributed by atoms with E-state index in [2.05, 4.69) is 9.97 Å². The molecule has 0 bridgehead atoms. The Morgan fingerprint density at radius 1 is 1.26 bits per heavy atom. The number of primary amides is 1. The molecule has 0 spiro atoms. The van der Waals surface area contributed by atoms with E-state index in [-0.39, 0.29) is 41.9 Å². The molecule has 12 heteroatoms. The third-order valence-electron chi connectivity index (χ3n) is 4.92. The lowest BCUT2D eigenvalue weighted by Gasteiger charge is -2.32. The molecule has 1 aromatic heterocycles. The summed E-state index contributed by atoms with van der Waals surface area (Å²) < 4.78 is 45.8. The molecule has 0 saturated carbocycles. The second kappa shape index (κ2) is 11.5. The van der Waals surface area contributed by atoms with Gasteiger partial charge in [-0.2, -0.15) is 28.4 Å². The van der Waals surface area contributed by atoms with E-state index in [4.69, 9.17) is 16.2 Å². The number of halogens is 3. The van der Waals surface area contributed by atoms with Crippen molar-refractivity contribution in [1.82, 2.24) is 14.9 Å². The van der Waals surface area contributed by atoms with Crippen LogP contribution in [0.15, 0.2) is 24.3 Å². The van der Waals surface area contributed by atoms with E-state index in [1.807, 2.05) is 25.1 Å². The molecule has 0 unspecified atom stereocenters. The van der Waals surface area contributed by atoms with Gasteiger partial charge in [0, 0.05) is 5.69 Å². The third-order valence-corrected chi connectivity index (χ3v) is 4.92. The van der Waals surface area contributed by atoms with Gasteiger partial charge in [-0.15, -0.1) is 0 Å². The average molecular weight is 480 g/mol. The molecular weight excluding hydrogens is 451 g/mol. The highest BCUT2D eigenvalue weighted by molar-refractivity contribution is 5.87. The van der Waals surface area contributed by atoms with E-state index < -0.39 is 23.7 Å². The molecule has 1 amide bonds. The predicted octanol–water partition coefficient (Wildman–Crippen LogP) is 3.07. The Hall–Kier alpha value is -3.59. The lowest BCUT2D eigenvalue weighted by atomic mass is 10.0. The first-order chi connectivity index (χ1) is 16.0.